The molecule has 3 N–H and O–H groups in total. The monoisotopic (exact) mass is 337 g/mol. The van der Waals surface area contributed by atoms with Crippen LogP contribution in [0, 0.1) is 11.3 Å². The fourth-order valence-corrected chi connectivity index (χ4v) is 2.28. The molecule has 0 bridgehead atoms. The molecule has 0 amide bonds. The summed E-state index contributed by atoms with van der Waals surface area (Å²) in [5, 5.41) is 24.1. The average molecular weight is 337 g/mol. The van der Waals surface area contributed by atoms with Gasteiger partial charge in [0.2, 0.25) is 11.8 Å². The number of carbonyl (C=O) groups is 1. The lowest BCUT2D eigenvalue weighted by atomic mass is 10.2. The number of carboxylic acids is 1. The Morgan fingerprint density at radius 2 is 2.20 bits per heavy atom. The third-order valence-corrected chi connectivity index (χ3v) is 3.45. The van der Waals surface area contributed by atoms with E-state index in [0.717, 1.165) is 5.69 Å². The molecule has 1 aliphatic heterocycles. The maximum atomic E-state index is 10.5. The van der Waals surface area contributed by atoms with Gasteiger partial charge in [0.1, 0.15) is 11.6 Å². The number of carboxylic acid groups (broad SMARTS) is 1. The maximum absolute atomic E-state index is 10.5. The summed E-state index contributed by atoms with van der Waals surface area (Å²) in [7, 11) is 0. The number of anilines is 2. The third kappa shape index (κ3) is 3.84. The highest BCUT2D eigenvalue weighted by molar-refractivity contribution is 5.81. The highest BCUT2D eigenvalue weighted by Crippen LogP contribution is 2.35. The highest BCUT2D eigenvalue weighted by atomic mass is 16.5. The van der Waals surface area contributed by atoms with Gasteiger partial charge in [-0.05, 0) is 24.6 Å². The second kappa shape index (κ2) is 7.31. The summed E-state index contributed by atoms with van der Waals surface area (Å²) in [6.45, 7) is 0.425. The molecule has 3 rings (SSSR count). The van der Waals surface area contributed by atoms with Crippen LogP contribution in [0.1, 0.15) is 18.5 Å². The molecule has 1 aliphatic rings. The number of nitrogens with zero attached hydrogens (tertiary/aromatic N) is 3. The summed E-state index contributed by atoms with van der Waals surface area (Å²) >= 11 is 0. The number of fused-ring (bicyclic) bond motifs is 1. The zero-order chi connectivity index (χ0) is 17.6. The van der Waals surface area contributed by atoms with Crippen LogP contribution in [0.2, 0.25) is 0 Å². The Bertz CT molecular complexity index is 846. The zero-order valence-corrected chi connectivity index (χ0v) is 13.2. The standard InChI is InChI=1S/C17H15N5O3/c18-10-11(16-21-13-4-1-2-5-14(13)25-16)12-7-9-20-17(22-12)19-8-3-6-15(23)24/h1-2,4-5,7,9,21H,3,6,8H2,(H,23,24)(H,19,20,22)/b16-11+. The van der Waals surface area contributed by atoms with Gasteiger partial charge in [-0.25, -0.2) is 9.97 Å². The lowest BCUT2D eigenvalue weighted by Gasteiger charge is -2.07. The molecule has 0 aliphatic carbocycles. The van der Waals surface area contributed by atoms with Crippen LogP contribution >= 0.6 is 0 Å². The first-order valence-electron chi connectivity index (χ1n) is 7.65. The van der Waals surface area contributed by atoms with Gasteiger partial charge in [-0.1, -0.05) is 12.1 Å². The predicted octanol–water partition coefficient (Wildman–Crippen LogP) is 2.45. The lowest BCUT2D eigenvalue weighted by molar-refractivity contribution is -0.137. The van der Waals surface area contributed by atoms with Gasteiger partial charge in [-0.15, -0.1) is 0 Å². The molecule has 8 nitrogen and oxygen atoms in total. The zero-order valence-electron chi connectivity index (χ0n) is 13.2. The summed E-state index contributed by atoms with van der Waals surface area (Å²) in [6.07, 6.45) is 2.05. The topological polar surface area (TPSA) is 120 Å². The fraction of sp³-hybridized carbons (Fsp3) is 0.176. The quantitative estimate of drug-likeness (QED) is 0.543. The van der Waals surface area contributed by atoms with Crippen LogP contribution in [0.15, 0.2) is 42.4 Å². The first-order chi connectivity index (χ1) is 12.2. The fourth-order valence-electron chi connectivity index (χ4n) is 2.28. The highest BCUT2D eigenvalue weighted by Gasteiger charge is 2.21. The van der Waals surface area contributed by atoms with E-state index in [0.29, 0.717) is 36.2 Å². The van der Waals surface area contributed by atoms with Gasteiger partial charge < -0.3 is 20.5 Å². The van der Waals surface area contributed by atoms with Crippen LogP contribution in [0.5, 0.6) is 5.75 Å². The third-order valence-electron chi connectivity index (χ3n) is 3.45. The van der Waals surface area contributed by atoms with Crippen molar-refractivity contribution in [2.75, 3.05) is 17.2 Å². The van der Waals surface area contributed by atoms with E-state index in [1.165, 1.54) is 6.20 Å². The number of para-hydroxylation sites is 2. The Hall–Kier alpha value is -3.60. The van der Waals surface area contributed by atoms with Crippen LogP contribution in [-0.2, 0) is 4.79 Å². The molecule has 0 saturated carbocycles. The van der Waals surface area contributed by atoms with Gasteiger partial charge in [-0.2, -0.15) is 5.26 Å². The van der Waals surface area contributed by atoms with Crippen LogP contribution in [-0.4, -0.2) is 27.6 Å². The molecule has 0 fully saturated rings. The summed E-state index contributed by atoms with van der Waals surface area (Å²) in [4.78, 5) is 18.9. The number of nitrogens with one attached hydrogen (secondary N) is 2. The number of aromatic nitrogens is 2. The number of hydrogen-bond acceptors (Lipinski definition) is 7. The SMILES string of the molecule is N#C/C(=C1/Nc2ccccc2O1)c1ccnc(NCCCC(=O)O)n1. The lowest BCUT2D eigenvalue weighted by Crippen LogP contribution is -2.09. The Labute approximate surface area is 143 Å². The van der Waals surface area contributed by atoms with Crippen molar-refractivity contribution in [2.24, 2.45) is 0 Å². The van der Waals surface area contributed by atoms with Crippen molar-refractivity contribution in [3.63, 3.8) is 0 Å². The molecule has 126 valence electrons. The normalized spacial score (nSPS) is 13.9. The molecule has 0 radical (unpaired) electrons. The first-order valence-corrected chi connectivity index (χ1v) is 7.65. The first kappa shape index (κ1) is 16.3. The number of rotatable bonds is 6. The van der Waals surface area contributed by atoms with Gasteiger partial charge in [0.25, 0.3) is 0 Å². The van der Waals surface area contributed by atoms with Crippen molar-refractivity contribution in [3.8, 4) is 11.8 Å². The van der Waals surface area contributed by atoms with Gasteiger partial charge >= 0.3 is 5.97 Å². The molecule has 2 heterocycles. The molecule has 2 aromatic rings. The number of ether oxygens (including phenoxy) is 1. The van der Waals surface area contributed by atoms with Crippen molar-refractivity contribution >= 4 is 23.2 Å². The van der Waals surface area contributed by atoms with Crippen molar-refractivity contribution in [1.82, 2.24) is 9.97 Å². The van der Waals surface area contributed by atoms with Crippen molar-refractivity contribution in [3.05, 3.63) is 48.1 Å². The number of nitriles is 1. The number of benzene rings is 1. The summed E-state index contributed by atoms with van der Waals surface area (Å²) in [6, 6.07) is 11.1. The summed E-state index contributed by atoms with van der Waals surface area (Å²) < 4.78 is 5.68. The van der Waals surface area contributed by atoms with E-state index in [1.807, 2.05) is 18.2 Å². The van der Waals surface area contributed by atoms with Gasteiger partial charge in [-0.3, -0.25) is 4.79 Å². The molecule has 0 spiro atoms. The smallest absolute Gasteiger partial charge is 0.303 e. The molecule has 25 heavy (non-hydrogen) atoms. The second-order valence-electron chi connectivity index (χ2n) is 5.23. The predicted molar refractivity (Wildman–Crippen MR) is 90.6 cm³/mol. The molecule has 1 aromatic heterocycles. The molecule has 0 atom stereocenters. The van der Waals surface area contributed by atoms with Gasteiger partial charge in [0, 0.05) is 19.2 Å². The number of allylic oxidation sites excluding steroid dienone is 1. The van der Waals surface area contributed by atoms with E-state index in [4.69, 9.17) is 9.84 Å². The van der Waals surface area contributed by atoms with Crippen molar-refractivity contribution < 1.29 is 14.6 Å². The van der Waals surface area contributed by atoms with Crippen LogP contribution in [0.25, 0.3) is 5.57 Å². The number of aliphatic carboxylic acids is 1. The van der Waals surface area contributed by atoms with E-state index in [2.05, 4.69) is 26.7 Å². The second-order valence-corrected chi connectivity index (χ2v) is 5.23. The molecule has 1 aromatic carbocycles. The van der Waals surface area contributed by atoms with Crippen LogP contribution in [0.3, 0.4) is 0 Å². The van der Waals surface area contributed by atoms with Gasteiger partial charge in [0.05, 0.1) is 11.4 Å². The molecule has 8 heteroatoms. The van der Waals surface area contributed by atoms with E-state index in [9.17, 15) is 10.1 Å². The molecular formula is C17H15N5O3. The molecule has 0 saturated heterocycles. The van der Waals surface area contributed by atoms with Gasteiger partial charge in [0.15, 0.2) is 5.75 Å². The summed E-state index contributed by atoms with van der Waals surface area (Å²) in [5.74, 6) is 0.439. The Morgan fingerprint density at radius 1 is 1.36 bits per heavy atom. The van der Waals surface area contributed by atoms with Crippen LogP contribution < -0.4 is 15.4 Å². The average Bonchev–Trinajstić information content (AvgIpc) is 3.03. The van der Waals surface area contributed by atoms with E-state index in [1.54, 1.807) is 12.1 Å². The van der Waals surface area contributed by atoms with E-state index < -0.39 is 5.97 Å². The van der Waals surface area contributed by atoms with E-state index in [-0.39, 0.29) is 12.0 Å². The maximum Gasteiger partial charge on any atom is 0.303 e. The minimum absolute atomic E-state index is 0.0657. The number of hydrogen-bond donors (Lipinski definition) is 3. The summed E-state index contributed by atoms with van der Waals surface area (Å²) in [5.41, 5.74) is 1.45. The van der Waals surface area contributed by atoms with Crippen molar-refractivity contribution in [1.29, 1.82) is 5.26 Å². The minimum Gasteiger partial charge on any atom is -0.481 e. The minimum atomic E-state index is -0.850. The van der Waals surface area contributed by atoms with Crippen molar-refractivity contribution in [2.45, 2.75) is 12.8 Å². The Balaban J connectivity index is 1.76. The molecular weight excluding hydrogens is 322 g/mol. The Morgan fingerprint density at radius 3 is 2.96 bits per heavy atom. The van der Waals surface area contributed by atoms with Crippen LogP contribution in [0.4, 0.5) is 11.6 Å². The largest absolute Gasteiger partial charge is 0.481 e. The Kier molecular flexibility index (Phi) is 4.76. The molecule has 0 unspecified atom stereocenters. The van der Waals surface area contributed by atoms with E-state index >= 15 is 0 Å².